The molecule has 28 nitrogen and oxygen atoms in total. The Morgan fingerprint density at radius 3 is 1.56 bits per heavy atom. The number of amides is 8. The van der Waals surface area contributed by atoms with Gasteiger partial charge in [-0.2, -0.15) is 0 Å². The fourth-order valence-corrected chi connectivity index (χ4v) is 8.80. The lowest BCUT2D eigenvalue weighted by atomic mass is 9.96. The maximum atomic E-state index is 14.8. The average molecular weight is 1150 g/mol. The number of carboxylic acids is 3. The SMILES string of the molecule is CC[C@H](C)[C@H](NC(=O)[C@@H]1CCCN1C(=O)[C@H](Cc1ccc(O)cc1)NC(=O)[C@H](CCCN=C(N)N)NC(=O)[C@H](CCC(=O)O)NC(=O)[C@H](CCC(=O)O)NC(=O)[C@H](C)NC(=O)[C@@H](N)Cc1ccc(O)cc1)C(=O)N[C@@H](CC(C)C)C(=O)O. The van der Waals surface area contributed by atoms with E-state index in [9.17, 15) is 78.3 Å². The fourth-order valence-electron chi connectivity index (χ4n) is 8.80. The van der Waals surface area contributed by atoms with Crippen molar-refractivity contribution in [2.45, 2.75) is 166 Å². The third-order valence-corrected chi connectivity index (χ3v) is 13.6. The predicted molar refractivity (Wildman–Crippen MR) is 296 cm³/mol. The molecule has 1 heterocycles. The number of aliphatic carboxylic acids is 3. The molecule has 1 saturated heterocycles. The summed E-state index contributed by atoms with van der Waals surface area (Å²) >= 11 is 0. The van der Waals surface area contributed by atoms with Crippen LogP contribution in [0.5, 0.6) is 11.5 Å². The van der Waals surface area contributed by atoms with Crippen molar-refractivity contribution in [1.82, 2.24) is 42.1 Å². The summed E-state index contributed by atoms with van der Waals surface area (Å²) < 4.78 is 0. The van der Waals surface area contributed by atoms with Gasteiger partial charge in [-0.1, -0.05) is 58.4 Å². The highest BCUT2D eigenvalue weighted by Gasteiger charge is 2.41. The van der Waals surface area contributed by atoms with Crippen LogP contribution in [0.25, 0.3) is 0 Å². The van der Waals surface area contributed by atoms with Gasteiger partial charge in [0.1, 0.15) is 59.8 Å². The fraction of sp³-hybridized carbons (Fsp3) is 0.556. The van der Waals surface area contributed by atoms with E-state index in [4.69, 9.17) is 17.2 Å². The van der Waals surface area contributed by atoms with Crippen LogP contribution in [-0.4, -0.2) is 169 Å². The molecule has 452 valence electrons. The zero-order valence-electron chi connectivity index (χ0n) is 46.7. The number of likely N-dealkylation sites (tertiary alicyclic amines) is 1. The Bertz CT molecular complexity index is 2580. The molecule has 0 aromatic heterocycles. The minimum absolute atomic E-state index is 0.0118. The smallest absolute Gasteiger partial charge is 0.326 e. The molecule has 28 heteroatoms. The zero-order chi connectivity index (χ0) is 61.4. The van der Waals surface area contributed by atoms with Crippen LogP contribution < -0.4 is 54.4 Å². The van der Waals surface area contributed by atoms with Gasteiger partial charge in [0.05, 0.1) is 6.04 Å². The number of nitrogens with zero attached hydrogens (tertiary/aromatic N) is 2. The predicted octanol–water partition coefficient (Wildman–Crippen LogP) is -1.43. The van der Waals surface area contributed by atoms with Gasteiger partial charge in [-0.25, -0.2) is 4.79 Å². The van der Waals surface area contributed by atoms with E-state index < -0.39 is 151 Å². The molecule has 0 bridgehead atoms. The second-order valence-corrected chi connectivity index (χ2v) is 20.7. The molecule has 0 unspecified atom stereocenters. The molecule has 2 aromatic carbocycles. The number of phenolic OH excluding ortho intramolecular Hbond substituents is 2. The van der Waals surface area contributed by atoms with Crippen LogP contribution in [0.15, 0.2) is 53.5 Å². The van der Waals surface area contributed by atoms with Crippen LogP contribution in [0.4, 0.5) is 0 Å². The van der Waals surface area contributed by atoms with Crippen LogP contribution in [0, 0.1) is 11.8 Å². The molecular formula is C54H80N12O16. The number of carbonyl (C=O) groups is 11. The molecule has 1 aliphatic heterocycles. The summed E-state index contributed by atoms with van der Waals surface area (Å²) in [5, 5.41) is 66.2. The number of nitrogens with two attached hydrogens (primary N) is 3. The lowest BCUT2D eigenvalue weighted by molar-refractivity contribution is -0.144. The maximum absolute atomic E-state index is 14.8. The van der Waals surface area contributed by atoms with Crippen molar-refractivity contribution in [3.05, 3.63) is 59.7 Å². The molecule has 0 saturated carbocycles. The summed E-state index contributed by atoms with van der Waals surface area (Å²) in [4.78, 5) is 153. The summed E-state index contributed by atoms with van der Waals surface area (Å²) in [6.07, 6.45) is -2.01. The second-order valence-electron chi connectivity index (χ2n) is 20.7. The Hall–Kier alpha value is -8.56. The van der Waals surface area contributed by atoms with Gasteiger partial charge in [0, 0.05) is 32.4 Å². The molecule has 0 radical (unpaired) electrons. The molecule has 2 aromatic rings. The van der Waals surface area contributed by atoms with Crippen molar-refractivity contribution in [3.63, 3.8) is 0 Å². The van der Waals surface area contributed by atoms with Crippen LogP contribution in [0.1, 0.15) is 110 Å². The Kier molecular flexibility index (Phi) is 27.5. The average Bonchev–Trinajstić information content (AvgIpc) is 3.94. The van der Waals surface area contributed by atoms with Crippen LogP contribution >= 0.6 is 0 Å². The highest BCUT2D eigenvalue weighted by molar-refractivity contribution is 5.98. The maximum Gasteiger partial charge on any atom is 0.326 e. The minimum Gasteiger partial charge on any atom is -0.508 e. The quantitative estimate of drug-likeness (QED) is 0.0217. The number of rotatable bonds is 34. The van der Waals surface area contributed by atoms with Crippen molar-refractivity contribution in [2.24, 2.45) is 34.0 Å². The lowest BCUT2D eigenvalue weighted by Crippen LogP contribution is -2.60. The molecule has 18 N–H and O–H groups in total. The number of hydrogen-bond acceptors (Lipinski definition) is 15. The van der Waals surface area contributed by atoms with E-state index in [-0.39, 0.29) is 75.0 Å². The number of hydrogen-bond donors (Lipinski definition) is 15. The van der Waals surface area contributed by atoms with E-state index in [2.05, 4.69) is 42.2 Å². The van der Waals surface area contributed by atoms with Gasteiger partial charge < -0.3 is 84.9 Å². The first-order chi connectivity index (χ1) is 38.6. The number of phenols is 2. The van der Waals surface area contributed by atoms with E-state index >= 15 is 0 Å². The normalized spacial score (nSPS) is 16.2. The number of benzene rings is 2. The summed E-state index contributed by atoms with van der Waals surface area (Å²) in [5.74, 6) is -12.2. The lowest BCUT2D eigenvalue weighted by Gasteiger charge is -2.32. The topological polar surface area (TPSA) is 467 Å². The number of aromatic hydroxyl groups is 2. The van der Waals surface area contributed by atoms with E-state index in [1.807, 2.05) is 0 Å². The molecule has 82 heavy (non-hydrogen) atoms. The Morgan fingerprint density at radius 2 is 1.09 bits per heavy atom. The van der Waals surface area contributed by atoms with Gasteiger partial charge in [-0.05, 0) is 106 Å². The zero-order valence-corrected chi connectivity index (χ0v) is 46.7. The third kappa shape index (κ3) is 22.9. The Balaban J connectivity index is 1.94. The highest BCUT2D eigenvalue weighted by Crippen LogP contribution is 2.22. The van der Waals surface area contributed by atoms with Crippen LogP contribution in [0.2, 0.25) is 0 Å². The molecule has 0 aliphatic carbocycles. The number of carbonyl (C=O) groups excluding carboxylic acids is 8. The molecule has 3 rings (SSSR count). The van der Waals surface area contributed by atoms with Crippen molar-refractivity contribution in [3.8, 4) is 11.5 Å². The van der Waals surface area contributed by atoms with Gasteiger partial charge in [0.2, 0.25) is 47.3 Å². The standard InChI is InChI=1S/C54H80N12O16/c1-6-29(4)44(51(79)64-40(53(81)82)25-28(2)3)65-50(78)41-10-8-24-66(41)52(80)39(27-32-13-17-34(68)18-14-32)63-47(75)36(9-7-23-58-54(56)57)61-49(77)38(20-22-43(71)72)62-48(76)37(19-21-42(69)70)60-45(73)30(5)59-46(74)35(55)26-31-11-15-33(67)16-12-31/h11-18,28-30,35-41,44,67-68H,6-10,19-27,55H2,1-5H3,(H,59,74)(H,60,73)(H,61,77)(H,62,76)(H,63,75)(H,64,79)(H,65,78)(H,69,70)(H,71,72)(H,81,82)(H4,56,57,58)/t29-,30-,35-,36-,37-,38-,39-,40-,41-,44-/m0/s1. The van der Waals surface area contributed by atoms with E-state index in [0.29, 0.717) is 24.0 Å². The molecular weight excluding hydrogens is 1070 g/mol. The summed E-state index contributed by atoms with van der Waals surface area (Å²) in [6.45, 7) is 8.28. The molecule has 0 spiro atoms. The Labute approximate surface area is 474 Å². The van der Waals surface area contributed by atoms with Gasteiger partial charge in [0.15, 0.2) is 5.96 Å². The molecule has 10 atom stereocenters. The van der Waals surface area contributed by atoms with Crippen molar-refractivity contribution in [1.29, 1.82) is 0 Å². The number of carboxylic acid groups (broad SMARTS) is 3. The number of guanidine groups is 1. The second kappa shape index (κ2) is 33.3. The van der Waals surface area contributed by atoms with Crippen molar-refractivity contribution in [2.75, 3.05) is 13.1 Å². The van der Waals surface area contributed by atoms with Gasteiger partial charge in [-0.3, -0.25) is 52.9 Å². The van der Waals surface area contributed by atoms with E-state index in [1.54, 1.807) is 39.8 Å². The van der Waals surface area contributed by atoms with Crippen molar-refractivity contribution >= 4 is 71.1 Å². The van der Waals surface area contributed by atoms with Gasteiger partial charge >= 0.3 is 17.9 Å². The van der Waals surface area contributed by atoms with Crippen LogP contribution in [-0.2, 0) is 65.6 Å². The molecule has 1 aliphatic rings. The summed E-state index contributed by atoms with van der Waals surface area (Å²) in [6, 6.07) is -1.10. The first-order valence-corrected chi connectivity index (χ1v) is 27.1. The van der Waals surface area contributed by atoms with Gasteiger partial charge in [-0.15, -0.1) is 0 Å². The Morgan fingerprint density at radius 1 is 0.610 bits per heavy atom. The number of nitrogens with one attached hydrogen (secondary N) is 7. The van der Waals surface area contributed by atoms with Crippen LogP contribution in [0.3, 0.4) is 0 Å². The first kappa shape index (κ1) is 67.7. The number of aliphatic imine (C=N–C) groups is 1. The summed E-state index contributed by atoms with van der Waals surface area (Å²) in [5.41, 5.74) is 18.1. The molecule has 1 fully saturated rings. The first-order valence-electron chi connectivity index (χ1n) is 27.1. The monoisotopic (exact) mass is 1150 g/mol. The highest BCUT2D eigenvalue weighted by atomic mass is 16.4. The van der Waals surface area contributed by atoms with E-state index in [0.717, 1.165) is 0 Å². The van der Waals surface area contributed by atoms with Crippen molar-refractivity contribution < 1.29 is 78.3 Å². The van der Waals surface area contributed by atoms with Gasteiger partial charge in [0.25, 0.3) is 0 Å². The minimum atomic E-state index is -1.76. The van der Waals surface area contributed by atoms with E-state index in [1.165, 1.54) is 48.2 Å². The molecule has 8 amide bonds. The third-order valence-electron chi connectivity index (χ3n) is 13.6. The summed E-state index contributed by atoms with van der Waals surface area (Å²) in [7, 11) is 0. The largest absolute Gasteiger partial charge is 0.508 e.